The molecule has 0 radical (unpaired) electrons. The monoisotopic (exact) mass is 278 g/mol. The molecule has 0 saturated heterocycles. The summed E-state index contributed by atoms with van der Waals surface area (Å²) in [7, 11) is 0. The summed E-state index contributed by atoms with van der Waals surface area (Å²) in [5.74, 6) is -0.591. The normalized spacial score (nSPS) is 10.2. The minimum atomic E-state index is -2.87. The molecule has 0 spiro atoms. The van der Waals surface area contributed by atoms with Gasteiger partial charge in [0.25, 0.3) is 0 Å². The fourth-order valence-electron chi connectivity index (χ4n) is 1.57. The summed E-state index contributed by atoms with van der Waals surface area (Å²) in [6, 6.07) is 11.6. The standard InChI is InChI=1S/C14H9F3N2O/c15-13-7-11(2-1-9(13)8-18)19-10-3-5-12(6-4-10)20-14(16)17/h1-7,14,19H. The molecule has 0 amide bonds. The van der Waals surface area contributed by atoms with E-state index in [-0.39, 0.29) is 11.3 Å². The molecule has 102 valence electrons. The average Bonchev–Trinajstić information content (AvgIpc) is 2.41. The fraction of sp³-hybridized carbons (Fsp3) is 0.0714. The lowest BCUT2D eigenvalue weighted by molar-refractivity contribution is -0.0498. The second kappa shape index (κ2) is 5.97. The van der Waals surface area contributed by atoms with Crippen molar-refractivity contribution in [3.8, 4) is 11.8 Å². The summed E-state index contributed by atoms with van der Waals surface area (Å²) in [4.78, 5) is 0. The maximum Gasteiger partial charge on any atom is 0.387 e. The van der Waals surface area contributed by atoms with Gasteiger partial charge in [0.15, 0.2) is 0 Å². The van der Waals surface area contributed by atoms with Crippen LogP contribution in [0.1, 0.15) is 5.56 Å². The molecule has 0 aromatic heterocycles. The van der Waals surface area contributed by atoms with Crippen molar-refractivity contribution in [3.05, 3.63) is 53.8 Å². The maximum atomic E-state index is 13.4. The van der Waals surface area contributed by atoms with Gasteiger partial charge in [-0.1, -0.05) is 0 Å². The highest BCUT2D eigenvalue weighted by molar-refractivity contribution is 5.61. The van der Waals surface area contributed by atoms with Crippen molar-refractivity contribution in [1.82, 2.24) is 0 Å². The summed E-state index contributed by atoms with van der Waals surface area (Å²) in [6.07, 6.45) is 0. The zero-order valence-electron chi connectivity index (χ0n) is 10.1. The van der Waals surface area contributed by atoms with Gasteiger partial charge in [0.1, 0.15) is 17.6 Å². The van der Waals surface area contributed by atoms with Crippen LogP contribution in [0.15, 0.2) is 42.5 Å². The Morgan fingerprint density at radius 3 is 2.25 bits per heavy atom. The van der Waals surface area contributed by atoms with Crippen LogP contribution < -0.4 is 10.1 Å². The van der Waals surface area contributed by atoms with Crippen LogP contribution >= 0.6 is 0 Å². The summed E-state index contributed by atoms with van der Waals surface area (Å²) >= 11 is 0. The minimum absolute atomic E-state index is 0.0385. The van der Waals surface area contributed by atoms with Crippen molar-refractivity contribution in [1.29, 1.82) is 5.26 Å². The van der Waals surface area contributed by atoms with Crippen LogP contribution in [0.25, 0.3) is 0 Å². The number of benzene rings is 2. The van der Waals surface area contributed by atoms with Gasteiger partial charge >= 0.3 is 6.61 Å². The van der Waals surface area contributed by atoms with Gasteiger partial charge in [-0.05, 0) is 42.5 Å². The number of alkyl halides is 2. The molecule has 0 aliphatic carbocycles. The van der Waals surface area contributed by atoms with Gasteiger partial charge in [0, 0.05) is 11.4 Å². The molecule has 0 aliphatic heterocycles. The van der Waals surface area contributed by atoms with Crippen LogP contribution in [0.4, 0.5) is 24.5 Å². The Morgan fingerprint density at radius 1 is 1.05 bits per heavy atom. The zero-order chi connectivity index (χ0) is 14.5. The van der Waals surface area contributed by atoms with Crippen LogP contribution in [0.5, 0.6) is 5.75 Å². The number of nitrogens with zero attached hydrogens (tertiary/aromatic N) is 1. The molecule has 0 bridgehead atoms. The summed E-state index contributed by atoms with van der Waals surface area (Å²) in [5, 5.41) is 11.5. The first-order valence-electron chi connectivity index (χ1n) is 5.60. The van der Waals surface area contributed by atoms with Crippen molar-refractivity contribution in [2.24, 2.45) is 0 Å². The van der Waals surface area contributed by atoms with Gasteiger partial charge in [-0.2, -0.15) is 14.0 Å². The maximum absolute atomic E-state index is 13.4. The Bertz CT molecular complexity index is 636. The molecule has 0 heterocycles. The van der Waals surface area contributed by atoms with Gasteiger partial charge in [-0.15, -0.1) is 0 Å². The fourth-order valence-corrected chi connectivity index (χ4v) is 1.57. The number of hydrogen-bond donors (Lipinski definition) is 1. The molecule has 0 saturated carbocycles. The van der Waals surface area contributed by atoms with E-state index in [9.17, 15) is 13.2 Å². The largest absolute Gasteiger partial charge is 0.435 e. The van der Waals surface area contributed by atoms with Crippen LogP contribution in [0.2, 0.25) is 0 Å². The highest BCUT2D eigenvalue weighted by atomic mass is 19.3. The van der Waals surface area contributed by atoms with Crippen LogP contribution in [-0.2, 0) is 0 Å². The van der Waals surface area contributed by atoms with Gasteiger partial charge in [-0.25, -0.2) is 4.39 Å². The van der Waals surface area contributed by atoms with Crippen molar-refractivity contribution in [3.63, 3.8) is 0 Å². The van der Waals surface area contributed by atoms with E-state index in [1.165, 1.54) is 36.4 Å². The third-order valence-corrected chi connectivity index (χ3v) is 2.46. The molecule has 2 rings (SSSR count). The minimum Gasteiger partial charge on any atom is -0.435 e. The molecule has 0 atom stereocenters. The molecule has 20 heavy (non-hydrogen) atoms. The van der Waals surface area contributed by atoms with Gasteiger partial charge in [0.05, 0.1) is 5.56 Å². The SMILES string of the molecule is N#Cc1ccc(Nc2ccc(OC(F)F)cc2)cc1F. The predicted molar refractivity (Wildman–Crippen MR) is 67.5 cm³/mol. The molecule has 0 fully saturated rings. The van der Waals surface area contributed by atoms with Crippen LogP contribution in [0.3, 0.4) is 0 Å². The Morgan fingerprint density at radius 2 is 1.70 bits per heavy atom. The number of halogens is 3. The lowest BCUT2D eigenvalue weighted by Crippen LogP contribution is -2.01. The highest BCUT2D eigenvalue weighted by Crippen LogP contribution is 2.22. The van der Waals surface area contributed by atoms with Crippen LogP contribution in [0, 0.1) is 17.1 Å². The number of rotatable bonds is 4. The molecule has 2 aromatic carbocycles. The molecule has 3 nitrogen and oxygen atoms in total. The summed E-state index contributed by atoms with van der Waals surface area (Å²) < 4.78 is 41.6. The van der Waals surface area contributed by atoms with Crippen molar-refractivity contribution < 1.29 is 17.9 Å². The Kier molecular flexibility index (Phi) is 4.11. The van der Waals surface area contributed by atoms with E-state index < -0.39 is 12.4 Å². The van der Waals surface area contributed by atoms with Crippen LogP contribution in [-0.4, -0.2) is 6.61 Å². The Balaban J connectivity index is 2.10. The van der Waals surface area contributed by atoms with Gasteiger partial charge in [0.2, 0.25) is 0 Å². The predicted octanol–water partition coefficient (Wildman–Crippen LogP) is 4.04. The topological polar surface area (TPSA) is 45.0 Å². The second-order valence-electron chi connectivity index (χ2n) is 3.83. The third kappa shape index (κ3) is 3.42. The number of hydrogen-bond acceptors (Lipinski definition) is 3. The molecule has 1 N–H and O–H groups in total. The van der Waals surface area contributed by atoms with E-state index in [0.717, 1.165) is 0 Å². The first kappa shape index (κ1) is 13.7. The van der Waals surface area contributed by atoms with Gasteiger partial charge in [-0.3, -0.25) is 0 Å². The molecule has 2 aromatic rings. The van der Waals surface area contributed by atoms with E-state index in [1.54, 1.807) is 12.1 Å². The second-order valence-corrected chi connectivity index (χ2v) is 3.83. The van der Waals surface area contributed by atoms with E-state index in [4.69, 9.17) is 5.26 Å². The molecular weight excluding hydrogens is 269 g/mol. The molecule has 0 unspecified atom stereocenters. The average molecular weight is 278 g/mol. The van der Waals surface area contributed by atoms with Gasteiger partial charge < -0.3 is 10.1 Å². The quantitative estimate of drug-likeness (QED) is 0.917. The number of nitrogens with one attached hydrogen (secondary N) is 1. The molecule has 0 aliphatic rings. The van der Waals surface area contributed by atoms with E-state index in [1.807, 2.05) is 0 Å². The first-order chi connectivity index (χ1) is 9.58. The number of nitriles is 1. The Labute approximate surface area is 113 Å². The number of anilines is 2. The van der Waals surface area contributed by atoms with Crippen molar-refractivity contribution >= 4 is 11.4 Å². The first-order valence-corrected chi connectivity index (χ1v) is 5.60. The lowest BCUT2D eigenvalue weighted by atomic mass is 10.2. The van der Waals surface area contributed by atoms with Crippen molar-refractivity contribution in [2.75, 3.05) is 5.32 Å². The summed E-state index contributed by atoms with van der Waals surface area (Å²) in [5.41, 5.74) is 0.982. The lowest BCUT2D eigenvalue weighted by Gasteiger charge is -2.08. The zero-order valence-corrected chi connectivity index (χ0v) is 10.1. The number of ether oxygens (including phenoxy) is 1. The Hall–Kier alpha value is -2.68. The molecular formula is C14H9F3N2O. The molecule has 6 heteroatoms. The van der Waals surface area contributed by atoms with E-state index in [2.05, 4.69) is 10.1 Å². The highest BCUT2D eigenvalue weighted by Gasteiger charge is 2.05. The summed E-state index contributed by atoms with van der Waals surface area (Å²) in [6.45, 7) is -2.87. The van der Waals surface area contributed by atoms with E-state index >= 15 is 0 Å². The smallest absolute Gasteiger partial charge is 0.387 e. The third-order valence-electron chi connectivity index (χ3n) is 2.46. The van der Waals surface area contributed by atoms with E-state index in [0.29, 0.717) is 11.4 Å². The van der Waals surface area contributed by atoms with Crippen molar-refractivity contribution in [2.45, 2.75) is 6.61 Å².